The van der Waals surface area contributed by atoms with Gasteiger partial charge in [0.15, 0.2) is 10.4 Å². The number of aromatic nitrogens is 2. The quantitative estimate of drug-likeness (QED) is 0.459. The standard InChI is InChI=1S/C19H18N4O4S3/c1-12-7-9-13(10-8-12)30(25,26)23-11-16(27-15-6-4-3-5-14(15)23)17(24)20-18-21-22-19(28-2)29-18/h3-10,16H,11H2,1-2H3,(H,20,21,24)/t16-/m0/s1. The molecule has 0 saturated heterocycles. The second kappa shape index (κ2) is 8.25. The van der Waals surface area contributed by atoms with Crippen molar-refractivity contribution in [3.8, 4) is 5.75 Å². The van der Waals surface area contributed by atoms with E-state index in [4.69, 9.17) is 4.74 Å². The SMILES string of the molecule is CSc1nnc(NC(=O)[C@@H]2CN(S(=O)(=O)c3ccc(C)cc3)c3ccccc3O2)s1. The fourth-order valence-corrected chi connectivity index (χ4v) is 5.58. The number of rotatable bonds is 5. The number of benzene rings is 2. The Labute approximate surface area is 182 Å². The zero-order valence-corrected chi connectivity index (χ0v) is 18.6. The van der Waals surface area contributed by atoms with Crippen LogP contribution in [0.5, 0.6) is 5.75 Å². The first-order valence-corrected chi connectivity index (χ1v) is 12.4. The highest BCUT2D eigenvalue weighted by molar-refractivity contribution is 8.00. The number of anilines is 2. The van der Waals surface area contributed by atoms with Gasteiger partial charge < -0.3 is 4.74 Å². The molecule has 2 heterocycles. The van der Waals surface area contributed by atoms with E-state index in [2.05, 4.69) is 15.5 Å². The van der Waals surface area contributed by atoms with Crippen LogP contribution in [-0.4, -0.2) is 43.4 Å². The number of hydrogen-bond donors (Lipinski definition) is 1. The lowest BCUT2D eigenvalue weighted by molar-refractivity contribution is -0.122. The van der Waals surface area contributed by atoms with Gasteiger partial charge in [0.1, 0.15) is 5.75 Å². The van der Waals surface area contributed by atoms with Gasteiger partial charge in [-0.3, -0.25) is 14.4 Å². The molecule has 156 valence electrons. The first-order chi connectivity index (χ1) is 14.4. The Morgan fingerprint density at radius 2 is 1.93 bits per heavy atom. The van der Waals surface area contributed by atoms with Crippen molar-refractivity contribution in [2.24, 2.45) is 0 Å². The van der Waals surface area contributed by atoms with Gasteiger partial charge in [0.05, 0.1) is 17.1 Å². The van der Waals surface area contributed by atoms with E-state index < -0.39 is 22.0 Å². The number of hydrogen-bond acceptors (Lipinski definition) is 8. The Balaban J connectivity index is 1.65. The highest BCUT2D eigenvalue weighted by Gasteiger charge is 2.37. The number of nitrogens with one attached hydrogen (secondary N) is 1. The third kappa shape index (κ3) is 4.00. The highest BCUT2D eigenvalue weighted by Crippen LogP contribution is 2.37. The largest absolute Gasteiger partial charge is 0.476 e. The minimum absolute atomic E-state index is 0.151. The van der Waals surface area contributed by atoms with Crippen molar-refractivity contribution in [1.82, 2.24) is 10.2 Å². The molecule has 0 fully saturated rings. The molecule has 0 aliphatic carbocycles. The fraction of sp³-hybridized carbons (Fsp3) is 0.211. The van der Waals surface area contributed by atoms with Crippen molar-refractivity contribution >= 4 is 49.8 Å². The average molecular weight is 463 g/mol. The van der Waals surface area contributed by atoms with Crippen LogP contribution < -0.4 is 14.4 Å². The minimum Gasteiger partial charge on any atom is -0.476 e. The second-order valence-electron chi connectivity index (χ2n) is 6.49. The molecule has 0 radical (unpaired) electrons. The molecule has 30 heavy (non-hydrogen) atoms. The molecular weight excluding hydrogens is 444 g/mol. The van der Waals surface area contributed by atoms with Crippen molar-refractivity contribution in [3.63, 3.8) is 0 Å². The summed E-state index contributed by atoms with van der Waals surface area (Å²) in [5.41, 5.74) is 1.35. The molecule has 8 nitrogen and oxygen atoms in total. The van der Waals surface area contributed by atoms with Crippen LogP contribution in [0.3, 0.4) is 0 Å². The summed E-state index contributed by atoms with van der Waals surface area (Å²) in [5, 5.41) is 10.9. The van der Waals surface area contributed by atoms with Crippen LogP contribution in [0.15, 0.2) is 57.8 Å². The molecule has 1 N–H and O–H groups in total. The van der Waals surface area contributed by atoms with Gasteiger partial charge in [-0.2, -0.15) is 0 Å². The summed E-state index contributed by atoms with van der Waals surface area (Å²) in [6.07, 6.45) is 0.822. The molecule has 0 spiro atoms. The van der Waals surface area contributed by atoms with Gasteiger partial charge in [-0.05, 0) is 37.4 Å². The highest BCUT2D eigenvalue weighted by atomic mass is 32.2. The lowest BCUT2D eigenvalue weighted by Crippen LogP contribution is -2.48. The summed E-state index contributed by atoms with van der Waals surface area (Å²) in [7, 11) is -3.89. The predicted molar refractivity (Wildman–Crippen MR) is 117 cm³/mol. The van der Waals surface area contributed by atoms with Crippen molar-refractivity contribution in [3.05, 3.63) is 54.1 Å². The zero-order chi connectivity index (χ0) is 21.3. The number of thioether (sulfide) groups is 1. The maximum atomic E-state index is 13.3. The number of nitrogens with zero attached hydrogens (tertiary/aromatic N) is 3. The Hall–Kier alpha value is -2.63. The van der Waals surface area contributed by atoms with Crippen LogP contribution in [0.1, 0.15) is 5.56 Å². The second-order valence-corrected chi connectivity index (χ2v) is 10.4. The van der Waals surface area contributed by atoms with Gasteiger partial charge in [-0.25, -0.2) is 8.42 Å². The van der Waals surface area contributed by atoms with Crippen LogP contribution in [0.4, 0.5) is 10.8 Å². The summed E-state index contributed by atoms with van der Waals surface area (Å²) >= 11 is 2.66. The van der Waals surface area contributed by atoms with Gasteiger partial charge >= 0.3 is 0 Å². The maximum Gasteiger partial charge on any atom is 0.269 e. The fourth-order valence-electron chi connectivity index (χ4n) is 2.93. The van der Waals surface area contributed by atoms with E-state index in [9.17, 15) is 13.2 Å². The Morgan fingerprint density at radius 3 is 2.63 bits per heavy atom. The van der Waals surface area contributed by atoms with E-state index in [0.717, 1.165) is 5.56 Å². The van der Waals surface area contributed by atoms with Crippen LogP contribution in [0.2, 0.25) is 0 Å². The Bertz CT molecular complexity index is 1180. The van der Waals surface area contributed by atoms with E-state index in [-0.39, 0.29) is 11.4 Å². The lowest BCUT2D eigenvalue weighted by Gasteiger charge is -2.34. The van der Waals surface area contributed by atoms with Gasteiger partial charge in [0.2, 0.25) is 5.13 Å². The molecule has 0 unspecified atom stereocenters. The third-order valence-corrected chi connectivity index (χ3v) is 8.06. The summed E-state index contributed by atoms with van der Waals surface area (Å²) < 4.78 is 34.4. The van der Waals surface area contributed by atoms with E-state index in [0.29, 0.717) is 20.9 Å². The normalized spacial score (nSPS) is 15.9. The zero-order valence-electron chi connectivity index (χ0n) is 16.1. The Morgan fingerprint density at radius 1 is 1.20 bits per heavy atom. The first-order valence-electron chi connectivity index (χ1n) is 8.92. The number of carbonyl (C=O) groups excluding carboxylic acids is 1. The molecular formula is C19H18N4O4S3. The van der Waals surface area contributed by atoms with Crippen molar-refractivity contribution < 1.29 is 17.9 Å². The van der Waals surface area contributed by atoms with E-state index in [1.54, 1.807) is 48.5 Å². The van der Waals surface area contributed by atoms with Crippen molar-refractivity contribution in [1.29, 1.82) is 0 Å². The van der Waals surface area contributed by atoms with Gasteiger partial charge in [-0.1, -0.05) is 52.9 Å². The summed E-state index contributed by atoms with van der Waals surface area (Å²) in [4.78, 5) is 13.0. The molecule has 1 aromatic heterocycles. The Kier molecular flexibility index (Phi) is 5.67. The van der Waals surface area contributed by atoms with E-state index in [1.165, 1.54) is 27.4 Å². The monoisotopic (exact) mass is 462 g/mol. The number of carbonyl (C=O) groups is 1. The van der Waals surface area contributed by atoms with Crippen molar-refractivity contribution in [2.45, 2.75) is 22.3 Å². The molecule has 4 rings (SSSR count). The number of sulfonamides is 1. The molecule has 1 amide bonds. The van der Waals surface area contributed by atoms with Gasteiger partial charge in [0, 0.05) is 0 Å². The summed E-state index contributed by atoms with van der Waals surface area (Å²) in [6.45, 7) is 1.73. The lowest BCUT2D eigenvalue weighted by atomic mass is 10.2. The molecule has 1 aliphatic heterocycles. The van der Waals surface area contributed by atoms with E-state index in [1.807, 2.05) is 13.2 Å². The molecule has 0 saturated carbocycles. The third-order valence-electron chi connectivity index (χ3n) is 4.45. The average Bonchev–Trinajstić information content (AvgIpc) is 3.20. The molecule has 0 bridgehead atoms. The maximum absolute atomic E-state index is 13.3. The van der Waals surface area contributed by atoms with Crippen LogP contribution >= 0.6 is 23.1 Å². The molecule has 11 heteroatoms. The smallest absolute Gasteiger partial charge is 0.269 e. The van der Waals surface area contributed by atoms with Crippen LogP contribution in [0, 0.1) is 6.92 Å². The molecule has 1 aliphatic rings. The summed E-state index contributed by atoms with van der Waals surface area (Å²) in [5.74, 6) is -0.168. The number of amides is 1. The number of aryl methyl sites for hydroxylation is 1. The predicted octanol–water partition coefficient (Wildman–Crippen LogP) is 3.16. The van der Waals surface area contributed by atoms with Crippen LogP contribution in [0.25, 0.3) is 0 Å². The number of ether oxygens (including phenoxy) is 1. The topological polar surface area (TPSA) is 101 Å². The molecule has 1 atom stereocenters. The minimum atomic E-state index is -3.89. The van der Waals surface area contributed by atoms with Crippen molar-refractivity contribution in [2.75, 3.05) is 22.4 Å². The molecule has 2 aromatic carbocycles. The number of para-hydroxylation sites is 2. The van der Waals surface area contributed by atoms with E-state index >= 15 is 0 Å². The van der Waals surface area contributed by atoms with Gasteiger partial charge in [-0.15, -0.1) is 10.2 Å². The van der Waals surface area contributed by atoms with Crippen LogP contribution in [-0.2, 0) is 14.8 Å². The number of fused-ring (bicyclic) bond motifs is 1. The first kappa shape index (κ1) is 20.6. The molecule has 3 aromatic rings. The summed E-state index contributed by atoms with van der Waals surface area (Å²) in [6, 6.07) is 13.3. The van der Waals surface area contributed by atoms with Gasteiger partial charge in [0.25, 0.3) is 15.9 Å².